The van der Waals surface area contributed by atoms with Gasteiger partial charge < -0.3 is 10.6 Å². The number of benzene rings is 1. The summed E-state index contributed by atoms with van der Waals surface area (Å²) in [5.74, 6) is 0.159. The van der Waals surface area contributed by atoms with Gasteiger partial charge in [0.1, 0.15) is 0 Å². The van der Waals surface area contributed by atoms with Crippen molar-refractivity contribution in [2.75, 3.05) is 18.4 Å². The van der Waals surface area contributed by atoms with Crippen LogP contribution in [-0.2, 0) is 4.79 Å². The highest BCUT2D eigenvalue weighted by atomic mass is 79.9. The van der Waals surface area contributed by atoms with Crippen LogP contribution in [0.15, 0.2) is 22.7 Å². The molecular formula is C12H14BrClN2O. The molecule has 1 amide bonds. The lowest BCUT2D eigenvalue weighted by molar-refractivity contribution is -0.120. The first-order valence-corrected chi connectivity index (χ1v) is 6.80. The third kappa shape index (κ3) is 3.44. The van der Waals surface area contributed by atoms with E-state index in [1.807, 2.05) is 12.1 Å². The first-order valence-electron chi connectivity index (χ1n) is 5.63. The molecule has 1 aromatic rings. The monoisotopic (exact) mass is 316 g/mol. The molecule has 17 heavy (non-hydrogen) atoms. The number of carbonyl (C=O) groups is 1. The molecular weight excluding hydrogens is 304 g/mol. The molecule has 0 radical (unpaired) electrons. The van der Waals surface area contributed by atoms with Gasteiger partial charge in [0.2, 0.25) is 5.91 Å². The van der Waals surface area contributed by atoms with Gasteiger partial charge in [0.25, 0.3) is 0 Å². The van der Waals surface area contributed by atoms with Gasteiger partial charge in [-0.05, 0) is 44.1 Å². The van der Waals surface area contributed by atoms with E-state index in [-0.39, 0.29) is 11.8 Å². The van der Waals surface area contributed by atoms with Crippen LogP contribution in [0.1, 0.15) is 12.8 Å². The van der Waals surface area contributed by atoms with Crippen LogP contribution in [-0.4, -0.2) is 19.0 Å². The summed E-state index contributed by atoms with van der Waals surface area (Å²) in [6.07, 6.45) is 1.78. The Kier molecular flexibility index (Phi) is 4.42. The highest BCUT2D eigenvalue weighted by molar-refractivity contribution is 9.10. The third-order valence-corrected chi connectivity index (χ3v) is 3.70. The number of hydrogen-bond acceptors (Lipinski definition) is 2. The van der Waals surface area contributed by atoms with Crippen LogP contribution in [0.5, 0.6) is 0 Å². The molecule has 1 saturated heterocycles. The molecule has 5 heteroatoms. The van der Waals surface area contributed by atoms with Crippen molar-refractivity contribution in [1.82, 2.24) is 5.32 Å². The van der Waals surface area contributed by atoms with Gasteiger partial charge in [-0.1, -0.05) is 27.5 Å². The van der Waals surface area contributed by atoms with E-state index in [9.17, 15) is 4.79 Å². The molecule has 0 spiro atoms. The van der Waals surface area contributed by atoms with E-state index >= 15 is 0 Å². The smallest absolute Gasteiger partial charge is 0.227 e. The second kappa shape index (κ2) is 5.85. The Balaban J connectivity index is 2.02. The van der Waals surface area contributed by atoms with Gasteiger partial charge in [0.05, 0.1) is 10.7 Å². The molecule has 92 valence electrons. The van der Waals surface area contributed by atoms with Gasteiger partial charge >= 0.3 is 0 Å². The second-order valence-corrected chi connectivity index (χ2v) is 5.46. The van der Waals surface area contributed by atoms with Crippen molar-refractivity contribution >= 4 is 39.1 Å². The van der Waals surface area contributed by atoms with Crippen LogP contribution in [0.25, 0.3) is 0 Å². The van der Waals surface area contributed by atoms with Gasteiger partial charge in [-0.25, -0.2) is 0 Å². The summed E-state index contributed by atoms with van der Waals surface area (Å²) in [6.45, 7) is 1.82. The number of rotatable bonds is 2. The normalized spacial score (nSPS) is 16.8. The number of nitrogens with one attached hydrogen (secondary N) is 2. The van der Waals surface area contributed by atoms with Crippen LogP contribution in [0.2, 0.25) is 5.02 Å². The zero-order valence-corrected chi connectivity index (χ0v) is 11.6. The number of carbonyl (C=O) groups excluding carboxylic acids is 1. The summed E-state index contributed by atoms with van der Waals surface area (Å²) in [5.41, 5.74) is 0.679. The molecule has 1 aliphatic rings. The van der Waals surface area contributed by atoms with Crippen LogP contribution in [0.4, 0.5) is 5.69 Å². The fraction of sp³-hybridized carbons (Fsp3) is 0.417. The highest BCUT2D eigenvalue weighted by Gasteiger charge is 2.21. The van der Waals surface area contributed by atoms with E-state index in [1.54, 1.807) is 6.07 Å². The Labute approximate surface area is 114 Å². The quantitative estimate of drug-likeness (QED) is 0.880. The summed E-state index contributed by atoms with van der Waals surface area (Å²) in [4.78, 5) is 12.0. The maximum absolute atomic E-state index is 12.0. The molecule has 0 saturated carbocycles. The molecule has 2 N–H and O–H groups in total. The Bertz CT molecular complexity index is 419. The van der Waals surface area contributed by atoms with Gasteiger partial charge in [-0.3, -0.25) is 4.79 Å². The Morgan fingerprint density at radius 1 is 1.41 bits per heavy atom. The van der Waals surface area contributed by atoms with E-state index in [0.29, 0.717) is 10.7 Å². The fourth-order valence-electron chi connectivity index (χ4n) is 1.91. The maximum atomic E-state index is 12.0. The minimum atomic E-state index is 0.0655. The maximum Gasteiger partial charge on any atom is 0.227 e. The molecule has 0 aliphatic carbocycles. The Hall–Kier alpha value is -0.580. The van der Waals surface area contributed by atoms with E-state index in [2.05, 4.69) is 26.6 Å². The third-order valence-electron chi connectivity index (χ3n) is 2.90. The molecule has 0 bridgehead atoms. The summed E-state index contributed by atoms with van der Waals surface area (Å²) in [7, 11) is 0. The molecule has 1 fully saturated rings. The van der Waals surface area contributed by atoms with E-state index in [4.69, 9.17) is 11.6 Å². The molecule has 0 aromatic heterocycles. The number of piperidine rings is 1. The largest absolute Gasteiger partial charge is 0.325 e. The van der Waals surface area contributed by atoms with Crippen LogP contribution in [0.3, 0.4) is 0 Å². The summed E-state index contributed by atoms with van der Waals surface area (Å²) < 4.78 is 0.905. The Morgan fingerprint density at radius 2 is 2.12 bits per heavy atom. The molecule has 3 nitrogen and oxygen atoms in total. The first-order chi connectivity index (χ1) is 8.16. The van der Waals surface area contributed by atoms with Crippen molar-refractivity contribution in [2.45, 2.75) is 12.8 Å². The van der Waals surface area contributed by atoms with Crippen molar-refractivity contribution in [3.63, 3.8) is 0 Å². The molecule has 1 aromatic carbocycles. The van der Waals surface area contributed by atoms with Crippen molar-refractivity contribution in [1.29, 1.82) is 0 Å². The fourth-order valence-corrected chi connectivity index (χ4v) is 2.63. The zero-order valence-electron chi connectivity index (χ0n) is 9.30. The van der Waals surface area contributed by atoms with Gasteiger partial charge in [0.15, 0.2) is 0 Å². The average Bonchev–Trinajstić information content (AvgIpc) is 2.34. The predicted octanol–water partition coefficient (Wildman–Crippen LogP) is 3.04. The molecule has 0 atom stereocenters. The van der Waals surface area contributed by atoms with Crippen LogP contribution >= 0.6 is 27.5 Å². The minimum Gasteiger partial charge on any atom is -0.325 e. The minimum absolute atomic E-state index is 0.0655. The summed E-state index contributed by atoms with van der Waals surface area (Å²) >= 11 is 9.39. The lowest BCUT2D eigenvalue weighted by Crippen LogP contribution is -2.34. The highest BCUT2D eigenvalue weighted by Crippen LogP contribution is 2.26. The van der Waals surface area contributed by atoms with Crippen LogP contribution in [0, 0.1) is 5.92 Å². The standard InChI is InChI=1S/C12H14BrClN2O/c13-9-1-2-11(10(14)7-9)16-12(17)8-3-5-15-6-4-8/h1-2,7-8,15H,3-6H2,(H,16,17). The number of halogens is 2. The van der Waals surface area contributed by atoms with Crippen molar-refractivity contribution in [2.24, 2.45) is 5.92 Å². The topological polar surface area (TPSA) is 41.1 Å². The number of amides is 1. The van der Waals surface area contributed by atoms with Crippen molar-refractivity contribution < 1.29 is 4.79 Å². The Morgan fingerprint density at radius 3 is 2.76 bits per heavy atom. The van der Waals surface area contributed by atoms with Gasteiger partial charge in [-0.2, -0.15) is 0 Å². The zero-order chi connectivity index (χ0) is 12.3. The van der Waals surface area contributed by atoms with Crippen molar-refractivity contribution in [3.8, 4) is 0 Å². The number of hydrogen-bond donors (Lipinski definition) is 2. The summed E-state index contributed by atoms with van der Waals surface area (Å²) in [6, 6.07) is 5.45. The van der Waals surface area contributed by atoms with Gasteiger partial charge in [0, 0.05) is 10.4 Å². The average molecular weight is 318 g/mol. The van der Waals surface area contributed by atoms with Gasteiger partial charge in [-0.15, -0.1) is 0 Å². The molecule has 1 heterocycles. The van der Waals surface area contributed by atoms with E-state index in [0.717, 1.165) is 30.4 Å². The molecule has 0 unspecified atom stereocenters. The molecule has 2 rings (SSSR count). The SMILES string of the molecule is O=C(Nc1ccc(Br)cc1Cl)C1CCNCC1. The van der Waals surface area contributed by atoms with E-state index < -0.39 is 0 Å². The second-order valence-electron chi connectivity index (χ2n) is 4.14. The number of anilines is 1. The lowest BCUT2D eigenvalue weighted by Gasteiger charge is -2.22. The predicted molar refractivity (Wildman–Crippen MR) is 73.4 cm³/mol. The molecule has 1 aliphatic heterocycles. The van der Waals surface area contributed by atoms with Crippen LogP contribution < -0.4 is 10.6 Å². The van der Waals surface area contributed by atoms with E-state index in [1.165, 1.54) is 0 Å². The lowest BCUT2D eigenvalue weighted by atomic mass is 9.97. The summed E-state index contributed by atoms with van der Waals surface area (Å²) in [5, 5.41) is 6.68. The van der Waals surface area contributed by atoms with Crippen molar-refractivity contribution in [3.05, 3.63) is 27.7 Å². The first kappa shape index (κ1) is 12.9.